The molecule has 0 spiro atoms. The smallest absolute Gasteiger partial charge is 0.306 e. The maximum Gasteiger partial charge on any atom is 0.306 e. The van der Waals surface area contributed by atoms with Crippen LogP contribution in [0.1, 0.15) is 271 Å². The average molecular weight is 827 g/mol. The molecule has 59 heavy (non-hydrogen) atoms. The van der Waals surface area contributed by atoms with Crippen LogP contribution in [0.25, 0.3) is 0 Å². The molecule has 0 fully saturated rings. The number of unbranched alkanes of at least 4 members (excludes halogenated alkanes) is 33. The Morgan fingerprint density at radius 3 is 1.08 bits per heavy atom. The van der Waals surface area contributed by atoms with E-state index < -0.39 is 6.10 Å². The normalized spacial score (nSPS) is 12.7. The molecule has 0 aliphatic heterocycles. The van der Waals surface area contributed by atoms with Crippen LogP contribution in [0.3, 0.4) is 0 Å². The van der Waals surface area contributed by atoms with Gasteiger partial charge >= 0.3 is 5.97 Å². The zero-order valence-electron chi connectivity index (χ0n) is 39.8. The van der Waals surface area contributed by atoms with E-state index in [1.807, 2.05) is 0 Å². The number of hydrogen-bond acceptors (Lipinski definition) is 4. The van der Waals surface area contributed by atoms with Crippen LogP contribution >= 0.6 is 0 Å². The lowest BCUT2D eigenvalue weighted by molar-refractivity contribution is -0.154. The van der Waals surface area contributed by atoms with Gasteiger partial charge in [0.1, 0.15) is 6.10 Å². The Kier molecular flexibility index (Phi) is 51.0. The van der Waals surface area contributed by atoms with Gasteiger partial charge in [0.2, 0.25) is 0 Å². The molecule has 4 nitrogen and oxygen atoms in total. The van der Waals surface area contributed by atoms with Crippen LogP contribution in [0.5, 0.6) is 0 Å². The number of allylic oxidation sites excluding steroid dienone is 8. The minimum Gasteiger partial charge on any atom is -0.457 e. The number of carbonyl (C=O) groups excluding carboxylic acids is 1. The van der Waals surface area contributed by atoms with Crippen molar-refractivity contribution >= 4 is 5.97 Å². The summed E-state index contributed by atoms with van der Waals surface area (Å²) < 4.78 is 11.2. The Hall–Kier alpha value is -1.65. The summed E-state index contributed by atoms with van der Waals surface area (Å²) in [7, 11) is 0. The Balaban J connectivity index is 3.41. The van der Waals surface area contributed by atoms with Gasteiger partial charge in [-0.3, -0.25) is 4.79 Å². The van der Waals surface area contributed by atoms with Crippen molar-refractivity contribution in [2.45, 2.75) is 277 Å². The van der Waals surface area contributed by atoms with Crippen LogP contribution in [-0.4, -0.2) is 37.0 Å². The summed E-state index contributed by atoms with van der Waals surface area (Å²) in [6.45, 7) is 5.35. The molecule has 0 aliphatic rings. The van der Waals surface area contributed by atoms with E-state index in [0.29, 0.717) is 19.6 Å². The summed E-state index contributed by atoms with van der Waals surface area (Å²) >= 11 is 0. The van der Waals surface area contributed by atoms with Crippen LogP contribution in [0.4, 0.5) is 0 Å². The number of hydrogen-bond donors (Lipinski definition) is 1. The monoisotopic (exact) mass is 827 g/mol. The molecule has 0 saturated carbocycles. The van der Waals surface area contributed by atoms with Gasteiger partial charge in [0.05, 0.1) is 13.2 Å². The first kappa shape index (κ1) is 57.3. The van der Waals surface area contributed by atoms with Crippen LogP contribution in [0.15, 0.2) is 48.6 Å². The molecule has 0 heterocycles. The first-order valence-corrected chi connectivity index (χ1v) is 26.2. The van der Waals surface area contributed by atoms with Crippen molar-refractivity contribution in [2.75, 3.05) is 19.8 Å². The number of aliphatic hydroxyl groups is 1. The number of esters is 1. The molecule has 0 saturated heterocycles. The summed E-state index contributed by atoms with van der Waals surface area (Å²) in [5.41, 5.74) is 0. The second-order valence-electron chi connectivity index (χ2n) is 17.6. The molecule has 0 aromatic carbocycles. The highest BCUT2D eigenvalue weighted by atomic mass is 16.6. The maximum absolute atomic E-state index is 12.3. The maximum atomic E-state index is 12.3. The molecule has 0 radical (unpaired) electrons. The third kappa shape index (κ3) is 50.6. The fourth-order valence-corrected chi connectivity index (χ4v) is 7.69. The van der Waals surface area contributed by atoms with Crippen LogP contribution in [0.2, 0.25) is 0 Å². The quantitative estimate of drug-likeness (QED) is 0.0377. The van der Waals surface area contributed by atoms with Gasteiger partial charge in [0.25, 0.3) is 0 Å². The summed E-state index contributed by atoms with van der Waals surface area (Å²) in [5, 5.41) is 9.66. The fourth-order valence-electron chi connectivity index (χ4n) is 7.69. The number of carbonyl (C=O) groups is 1. The molecule has 0 bridgehead atoms. The van der Waals surface area contributed by atoms with Crippen molar-refractivity contribution in [1.82, 2.24) is 0 Å². The summed E-state index contributed by atoms with van der Waals surface area (Å²) in [5.74, 6) is -0.201. The zero-order chi connectivity index (χ0) is 42.6. The Morgan fingerprint density at radius 1 is 0.407 bits per heavy atom. The van der Waals surface area contributed by atoms with Crippen molar-refractivity contribution in [1.29, 1.82) is 0 Å². The number of rotatable bonds is 49. The molecule has 4 heteroatoms. The van der Waals surface area contributed by atoms with Gasteiger partial charge < -0.3 is 14.6 Å². The van der Waals surface area contributed by atoms with Crippen molar-refractivity contribution < 1.29 is 19.4 Å². The van der Waals surface area contributed by atoms with Gasteiger partial charge in [-0.05, 0) is 77.0 Å². The van der Waals surface area contributed by atoms with E-state index >= 15 is 0 Å². The first-order valence-electron chi connectivity index (χ1n) is 26.2. The fraction of sp³-hybridized carbons (Fsp3) is 0.836. The van der Waals surface area contributed by atoms with E-state index in [0.717, 1.165) is 32.1 Å². The lowest BCUT2D eigenvalue weighted by Gasteiger charge is -2.16. The standard InChI is InChI=1S/C55H102O4/c1-3-5-7-9-11-13-15-17-19-21-23-25-27-29-31-33-35-37-39-41-43-45-47-49-51-58-53-54(52-56)59-55(57)50-48-46-44-42-40-38-36-34-32-30-28-26-24-22-20-18-16-14-12-10-8-6-4-2/h15,17,21-24,27,29,54,56H,3-14,16,18-20,25-26,28,30-53H2,1-2H3/b17-15-,23-21-,24-22-,29-27-. The van der Waals surface area contributed by atoms with E-state index in [9.17, 15) is 9.90 Å². The van der Waals surface area contributed by atoms with E-state index in [2.05, 4.69) is 62.5 Å². The minimum absolute atomic E-state index is 0.173. The molecule has 1 N–H and O–H groups in total. The second kappa shape index (κ2) is 52.5. The third-order valence-corrected chi connectivity index (χ3v) is 11.6. The second-order valence-corrected chi connectivity index (χ2v) is 17.6. The lowest BCUT2D eigenvalue weighted by Crippen LogP contribution is -2.27. The van der Waals surface area contributed by atoms with Gasteiger partial charge in [-0.25, -0.2) is 0 Å². The van der Waals surface area contributed by atoms with E-state index in [1.165, 1.54) is 218 Å². The largest absolute Gasteiger partial charge is 0.457 e. The summed E-state index contributed by atoms with van der Waals surface area (Å²) in [6.07, 6.45) is 69.2. The van der Waals surface area contributed by atoms with Crippen molar-refractivity contribution in [3.8, 4) is 0 Å². The van der Waals surface area contributed by atoms with Crippen LogP contribution in [0, 0.1) is 0 Å². The van der Waals surface area contributed by atoms with Crippen LogP contribution in [-0.2, 0) is 14.3 Å². The Morgan fingerprint density at radius 2 is 0.712 bits per heavy atom. The Labute approximate surface area is 369 Å². The van der Waals surface area contributed by atoms with Crippen LogP contribution < -0.4 is 0 Å². The van der Waals surface area contributed by atoms with Gasteiger partial charge in [0, 0.05) is 13.0 Å². The molecule has 0 aromatic rings. The first-order chi connectivity index (χ1) is 29.2. The van der Waals surface area contributed by atoms with Gasteiger partial charge in [-0.1, -0.05) is 236 Å². The molecule has 346 valence electrons. The molecule has 0 rings (SSSR count). The minimum atomic E-state index is -0.539. The highest BCUT2D eigenvalue weighted by Gasteiger charge is 2.13. The third-order valence-electron chi connectivity index (χ3n) is 11.6. The lowest BCUT2D eigenvalue weighted by atomic mass is 10.0. The predicted molar refractivity (Wildman–Crippen MR) is 260 cm³/mol. The molecule has 0 aliphatic carbocycles. The van der Waals surface area contributed by atoms with E-state index in [1.54, 1.807) is 0 Å². The molecular weight excluding hydrogens is 725 g/mol. The van der Waals surface area contributed by atoms with Gasteiger partial charge in [-0.2, -0.15) is 0 Å². The highest BCUT2D eigenvalue weighted by Crippen LogP contribution is 2.15. The van der Waals surface area contributed by atoms with Crippen molar-refractivity contribution in [3.63, 3.8) is 0 Å². The van der Waals surface area contributed by atoms with E-state index in [-0.39, 0.29) is 12.6 Å². The summed E-state index contributed by atoms with van der Waals surface area (Å²) in [6, 6.07) is 0. The number of ether oxygens (including phenoxy) is 2. The van der Waals surface area contributed by atoms with E-state index in [4.69, 9.17) is 9.47 Å². The van der Waals surface area contributed by atoms with Crippen molar-refractivity contribution in [3.05, 3.63) is 48.6 Å². The summed E-state index contributed by atoms with van der Waals surface area (Å²) in [4.78, 5) is 12.3. The molecule has 1 atom stereocenters. The SMILES string of the molecule is CCCCCCC/C=C\C/C=C\C/C=C\CCCCCCCCCCCOCC(CO)OC(=O)CCCCCCCCCCCCC/C=C\CCCCCCCCCC. The van der Waals surface area contributed by atoms with Gasteiger partial charge in [-0.15, -0.1) is 0 Å². The molecular formula is C55H102O4. The predicted octanol–water partition coefficient (Wildman–Crippen LogP) is 17.8. The molecule has 0 aromatic heterocycles. The zero-order valence-corrected chi connectivity index (χ0v) is 39.8. The topological polar surface area (TPSA) is 55.8 Å². The Bertz CT molecular complexity index is 920. The average Bonchev–Trinajstić information content (AvgIpc) is 3.24. The van der Waals surface area contributed by atoms with Crippen molar-refractivity contribution in [2.24, 2.45) is 0 Å². The molecule has 1 unspecified atom stereocenters. The molecule has 0 amide bonds. The number of aliphatic hydroxyl groups excluding tert-OH is 1. The highest BCUT2D eigenvalue weighted by molar-refractivity contribution is 5.69. The van der Waals surface area contributed by atoms with Gasteiger partial charge in [0.15, 0.2) is 0 Å².